The van der Waals surface area contributed by atoms with Crippen molar-refractivity contribution in [3.63, 3.8) is 0 Å². The average Bonchev–Trinajstić information content (AvgIpc) is 2.34. The normalized spacial score (nSPS) is 25.2. The minimum absolute atomic E-state index is 0.00303. The maximum absolute atomic E-state index is 12.1. The van der Waals surface area contributed by atoms with Crippen molar-refractivity contribution in [1.82, 2.24) is 15.1 Å². The van der Waals surface area contributed by atoms with Crippen molar-refractivity contribution in [3.05, 3.63) is 0 Å². The molecule has 1 saturated heterocycles. The molecule has 0 aromatic heterocycles. The number of carboxylic acid groups (broad SMARTS) is 1. The van der Waals surface area contributed by atoms with Gasteiger partial charge in [-0.15, -0.1) is 0 Å². The second kappa shape index (κ2) is 6.75. The van der Waals surface area contributed by atoms with Crippen LogP contribution in [0.15, 0.2) is 0 Å². The molecule has 1 fully saturated rings. The van der Waals surface area contributed by atoms with Crippen molar-refractivity contribution in [2.24, 2.45) is 5.92 Å². The first kappa shape index (κ1) is 15.8. The number of carbonyl (C=O) groups is 2. The molecule has 1 rings (SSSR count). The molecule has 3 unspecified atom stereocenters. The molecule has 110 valence electrons. The fraction of sp³-hybridized carbons (Fsp3) is 0.846. The minimum atomic E-state index is -0.914. The SMILES string of the molecule is CC1CCCN(C(=O)NCC(C)N(C)C)C1C(=O)O. The van der Waals surface area contributed by atoms with Gasteiger partial charge in [0.05, 0.1) is 0 Å². The van der Waals surface area contributed by atoms with Gasteiger partial charge in [0.1, 0.15) is 6.04 Å². The van der Waals surface area contributed by atoms with Gasteiger partial charge in [0.15, 0.2) is 0 Å². The van der Waals surface area contributed by atoms with Gasteiger partial charge in [0.25, 0.3) is 0 Å². The molecule has 1 aliphatic rings. The van der Waals surface area contributed by atoms with E-state index in [-0.39, 0.29) is 18.0 Å². The summed E-state index contributed by atoms with van der Waals surface area (Å²) in [5.74, 6) is -0.911. The Bertz CT molecular complexity index is 333. The van der Waals surface area contributed by atoms with E-state index in [9.17, 15) is 14.7 Å². The summed E-state index contributed by atoms with van der Waals surface area (Å²) < 4.78 is 0. The highest BCUT2D eigenvalue weighted by atomic mass is 16.4. The van der Waals surface area contributed by atoms with E-state index in [1.165, 1.54) is 4.90 Å². The van der Waals surface area contributed by atoms with Crippen LogP contribution in [0.2, 0.25) is 0 Å². The molecule has 0 aliphatic carbocycles. The number of carboxylic acids is 1. The molecule has 0 radical (unpaired) electrons. The number of nitrogens with zero attached hydrogens (tertiary/aromatic N) is 2. The Morgan fingerprint density at radius 3 is 2.63 bits per heavy atom. The van der Waals surface area contributed by atoms with E-state index in [2.05, 4.69) is 5.32 Å². The number of piperidine rings is 1. The van der Waals surface area contributed by atoms with Gasteiger partial charge in [-0.25, -0.2) is 9.59 Å². The number of hydrogen-bond acceptors (Lipinski definition) is 3. The van der Waals surface area contributed by atoms with Gasteiger partial charge in [-0.2, -0.15) is 0 Å². The van der Waals surface area contributed by atoms with Crippen LogP contribution in [0.3, 0.4) is 0 Å². The number of rotatable bonds is 4. The van der Waals surface area contributed by atoms with Gasteiger partial charge in [0, 0.05) is 19.1 Å². The zero-order chi connectivity index (χ0) is 14.6. The molecule has 0 spiro atoms. The second-order valence-electron chi connectivity index (χ2n) is 5.59. The average molecular weight is 271 g/mol. The lowest BCUT2D eigenvalue weighted by atomic mass is 9.91. The van der Waals surface area contributed by atoms with Crippen molar-refractivity contribution in [1.29, 1.82) is 0 Å². The van der Waals surface area contributed by atoms with Crippen LogP contribution in [0.1, 0.15) is 26.7 Å². The summed E-state index contributed by atoms with van der Waals surface area (Å²) in [6.07, 6.45) is 1.72. The Kier molecular flexibility index (Phi) is 5.60. The number of nitrogens with one attached hydrogen (secondary N) is 1. The summed E-state index contributed by atoms with van der Waals surface area (Å²) in [5, 5.41) is 12.1. The van der Waals surface area contributed by atoms with E-state index >= 15 is 0 Å². The third-order valence-corrected chi connectivity index (χ3v) is 3.88. The van der Waals surface area contributed by atoms with Crippen LogP contribution in [-0.2, 0) is 4.79 Å². The van der Waals surface area contributed by atoms with Crippen LogP contribution >= 0.6 is 0 Å². The van der Waals surface area contributed by atoms with Crippen molar-refractivity contribution < 1.29 is 14.7 Å². The summed E-state index contributed by atoms with van der Waals surface area (Å²) >= 11 is 0. The molecular formula is C13H25N3O3. The van der Waals surface area contributed by atoms with E-state index in [0.29, 0.717) is 13.1 Å². The maximum atomic E-state index is 12.1. The zero-order valence-electron chi connectivity index (χ0n) is 12.2. The number of aliphatic carboxylic acids is 1. The van der Waals surface area contributed by atoms with Gasteiger partial charge in [-0.05, 0) is 39.8 Å². The predicted octanol–water partition coefficient (Wildman–Crippen LogP) is 0.831. The standard InChI is InChI=1S/C13H25N3O3/c1-9-6-5-7-16(11(9)12(17)18)13(19)14-8-10(2)15(3)4/h9-11H,5-8H2,1-4H3,(H,14,19)(H,17,18). The summed E-state index contributed by atoms with van der Waals surface area (Å²) in [7, 11) is 3.89. The lowest BCUT2D eigenvalue weighted by molar-refractivity contribution is -0.145. The van der Waals surface area contributed by atoms with E-state index in [1.54, 1.807) is 0 Å². The van der Waals surface area contributed by atoms with Crippen LogP contribution < -0.4 is 5.32 Å². The van der Waals surface area contributed by atoms with Gasteiger partial charge >= 0.3 is 12.0 Å². The van der Waals surface area contributed by atoms with E-state index in [4.69, 9.17) is 0 Å². The van der Waals surface area contributed by atoms with Gasteiger partial charge in [-0.1, -0.05) is 6.92 Å². The fourth-order valence-corrected chi connectivity index (χ4v) is 2.31. The lowest BCUT2D eigenvalue weighted by Gasteiger charge is -2.37. The number of likely N-dealkylation sites (tertiary alicyclic amines) is 1. The van der Waals surface area contributed by atoms with Crippen LogP contribution in [0.4, 0.5) is 4.79 Å². The first-order valence-corrected chi connectivity index (χ1v) is 6.78. The Morgan fingerprint density at radius 2 is 2.11 bits per heavy atom. The molecular weight excluding hydrogens is 246 g/mol. The minimum Gasteiger partial charge on any atom is -0.480 e. The van der Waals surface area contributed by atoms with Crippen LogP contribution in [0.25, 0.3) is 0 Å². The Labute approximate surface area is 114 Å². The zero-order valence-corrected chi connectivity index (χ0v) is 12.2. The highest BCUT2D eigenvalue weighted by molar-refractivity contribution is 5.83. The molecule has 1 heterocycles. The van der Waals surface area contributed by atoms with Crippen molar-refractivity contribution in [2.45, 2.75) is 38.8 Å². The summed E-state index contributed by atoms with van der Waals surface area (Å²) in [4.78, 5) is 26.9. The highest BCUT2D eigenvalue weighted by Gasteiger charge is 2.36. The van der Waals surface area contributed by atoms with Crippen molar-refractivity contribution in [3.8, 4) is 0 Å². The number of likely N-dealkylation sites (N-methyl/N-ethyl adjacent to an activating group) is 1. The first-order valence-electron chi connectivity index (χ1n) is 6.78. The molecule has 6 heteroatoms. The molecule has 1 aliphatic heterocycles. The highest BCUT2D eigenvalue weighted by Crippen LogP contribution is 2.23. The largest absolute Gasteiger partial charge is 0.480 e. The van der Waals surface area contributed by atoms with Crippen molar-refractivity contribution in [2.75, 3.05) is 27.2 Å². The molecule has 3 atom stereocenters. The molecule has 2 N–H and O–H groups in total. The van der Waals surface area contributed by atoms with Gasteiger partial charge < -0.3 is 20.2 Å². The molecule has 0 bridgehead atoms. The fourth-order valence-electron chi connectivity index (χ4n) is 2.31. The topological polar surface area (TPSA) is 72.9 Å². The molecule has 0 aromatic carbocycles. The third-order valence-electron chi connectivity index (χ3n) is 3.88. The monoisotopic (exact) mass is 271 g/mol. The molecule has 0 aromatic rings. The Morgan fingerprint density at radius 1 is 1.47 bits per heavy atom. The summed E-state index contributed by atoms with van der Waals surface area (Å²) in [6, 6.07) is -0.759. The molecule has 19 heavy (non-hydrogen) atoms. The number of amides is 2. The van der Waals surface area contributed by atoms with Crippen LogP contribution in [0, 0.1) is 5.92 Å². The maximum Gasteiger partial charge on any atom is 0.326 e. The summed E-state index contributed by atoms with van der Waals surface area (Å²) in [5.41, 5.74) is 0. The van der Waals surface area contributed by atoms with Crippen LogP contribution in [0.5, 0.6) is 0 Å². The van der Waals surface area contributed by atoms with Crippen molar-refractivity contribution >= 4 is 12.0 Å². The molecule has 6 nitrogen and oxygen atoms in total. The van der Waals surface area contributed by atoms with E-state index < -0.39 is 12.0 Å². The third kappa shape index (κ3) is 4.09. The Balaban J connectivity index is 2.60. The quantitative estimate of drug-likeness (QED) is 0.794. The van der Waals surface area contributed by atoms with Gasteiger partial charge in [0.2, 0.25) is 0 Å². The Hall–Kier alpha value is -1.30. The van der Waals surface area contributed by atoms with Gasteiger partial charge in [-0.3, -0.25) is 0 Å². The molecule has 2 amide bonds. The van der Waals surface area contributed by atoms with E-state index in [0.717, 1.165) is 12.8 Å². The number of urea groups is 1. The smallest absolute Gasteiger partial charge is 0.326 e. The lowest BCUT2D eigenvalue weighted by Crippen LogP contribution is -2.56. The number of hydrogen-bond donors (Lipinski definition) is 2. The summed E-state index contributed by atoms with van der Waals surface area (Å²) in [6.45, 7) is 4.93. The first-order chi connectivity index (χ1) is 8.84. The van der Waals surface area contributed by atoms with E-state index in [1.807, 2.05) is 32.8 Å². The second-order valence-corrected chi connectivity index (χ2v) is 5.59. The van der Waals surface area contributed by atoms with Crippen LogP contribution in [-0.4, -0.2) is 66.2 Å². The predicted molar refractivity (Wildman–Crippen MR) is 73.1 cm³/mol. The molecule has 0 saturated carbocycles. The number of carbonyl (C=O) groups excluding carboxylic acids is 1.